The lowest BCUT2D eigenvalue weighted by Gasteiger charge is -2.27. The highest BCUT2D eigenvalue weighted by Crippen LogP contribution is 2.23. The zero-order chi connectivity index (χ0) is 23.3. The first-order chi connectivity index (χ1) is 15.1. The molecule has 1 aliphatic heterocycles. The molecule has 2 heterocycles. The lowest BCUT2D eigenvalue weighted by molar-refractivity contribution is -0.274. The van der Waals surface area contributed by atoms with Gasteiger partial charge in [-0.3, -0.25) is 14.6 Å². The maximum Gasteiger partial charge on any atom is 0.573 e. The Morgan fingerprint density at radius 2 is 1.78 bits per heavy atom. The summed E-state index contributed by atoms with van der Waals surface area (Å²) in [6.45, 7) is 4.30. The number of hydrogen-bond acceptors (Lipinski definition) is 5. The Hall–Kier alpha value is -3.14. The van der Waals surface area contributed by atoms with E-state index in [-0.39, 0.29) is 43.3 Å². The lowest BCUT2D eigenvalue weighted by Crippen LogP contribution is -2.42. The van der Waals surface area contributed by atoms with Gasteiger partial charge in [-0.2, -0.15) is 0 Å². The first-order valence-electron chi connectivity index (χ1n) is 10.1. The molecule has 1 aromatic carbocycles. The standard InChI is InChI=1S/C22H24F3N3O4/c1-15(2)28-12-19(31-14-16-3-5-18(6-4-16)32-22(23,24)25)11-27(13-20(28)29)21(30)17-7-9-26-10-8-17/h3-10,15,19H,11-14H2,1-2H3/t19-/m1/s1. The van der Waals surface area contributed by atoms with E-state index in [0.29, 0.717) is 17.7 Å². The van der Waals surface area contributed by atoms with Crippen LogP contribution in [-0.4, -0.2) is 64.7 Å². The number of aromatic nitrogens is 1. The van der Waals surface area contributed by atoms with Crippen molar-refractivity contribution in [2.45, 2.75) is 39.0 Å². The van der Waals surface area contributed by atoms with Crippen molar-refractivity contribution in [2.24, 2.45) is 0 Å². The molecule has 1 saturated heterocycles. The number of carbonyl (C=O) groups excluding carboxylic acids is 2. The summed E-state index contributed by atoms with van der Waals surface area (Å²) in [4.78, 5) is 32.7. The molecule has 1 aromatic heterocycles. The third kappa shape index (κ3) is 6.43. The van der Waals surface area contributed by atoms with Crippen molar-refractivity contribution in [1.29, 1.82) is 0 Å². The number of halogens is 3. The second-order valence-corrected chi connectivity index (χ2v) is 7.69. The molecular formula is C22H24F3N3O4. The van der Waals surface area contributed by atoms with Gasteiger partial charge in [-0.05, 0) is 43.7 Å². The number of ether oxygens (including phenoxy) is 2. The molecule has 3 rings (SSSR count). The van der Waals surface area contributed by atoms with Crippen LogP contribution < -0.4 is 4.74 Å². The molecule has 0 N–H and O–H groups in total. The van der Waals surface area contributed by atoms with Crippen molar-refractivity contribution < 1.29 is 32.2 Å². The van der Waals surface area contributed by atoms with E-state index >= 15 is 0 Å². The molecule has 2 amide bonds. The number of amides is 2. The van der Waals surface area contributed by atoms with Crippen LogP contribution in [0.25, 0.3) is 0 Å². The van der Waals surface area contributed by atoms with Crippen molar-refractivity contribution >= 4 is 11.8 Å². The highest BCUT2D eigenvalue weighted by molar-refractivity contribution is 5.96. The Balaban J connectivity index is 1.70. The molecule has 0 spiro atoms. The van der Waals surface area contributed by atoms with E-state index in [1.165, 1.54) is 41.6 Å². The summed E-state index contributed by atoms with van der Waals surface area (Å²) in [5, 5.41) is 0. The summed E-state index contributed by atoms with van der Waals surface area (Å²) < 4.78 is 46.8. The average molecular weight is 451 g/mol. The molecule has 1 fully saturated rings. The highest BCUT2D eigenvalue weighted by Gasteiger charge is 2.33. The summed E-state index contributed by atoms with van der Waals surface area (Å²) in [6, 6.07) is 8.46. The van der Waals surface area contributed by atoms with Crippen molar-refractivity contribution in [3.8, 4) is 5.75 Å². The van der Waals surface area contributed by atoms with Crippen molar-refractivity contribution in [3.05, 3.63) is 59.9 Å². The molecule has 10 heteroatoms. The first-order valence-corrected chi connectivity index (χ1v) is 10.1. The molecule has 32 heavy (non-hydrogen) atoms. The summed E-state index contributed by atoms with van der Waals surface area (Å²) in [5.74, 6) is -0.794. The van der Waals surface area contributed by atoms with Gasteiger partial charge in [-0.15, -0.1) is 13.2 Å². The number of hydrogen-bond donors (Lipinski definition) is 0. The number of pyridine rings is 1. The maximum absolute atomic E-state index is 12.9. The Labute approximate surface area is 183 Å². The summed E-state index contributed by atoms with van der Waals surface area (Å²) in [6.07, 6.45) is -2.21. The van der Waals surface area contributed by atoms with Gasteiger partial charge < -0.3 is 19.3 Å². The fraction of sp³-hybridized carbons (Fsp3) is 0.409. The molecule has 0 radical (unpaired) electrons. The molecule has 7 nitrogen and oxygen atoms in total. The second kappa shape index (κ2) is 9.99. The molecule has 0 bridgehead atoms. The predicted octanol–water partition coefficient (Wildman–Crippen LogP) is 3.26. The third-order valence-corrected chi connectivity index (χ3v) is 4.95. The van der Waals surface area contributed by atoms with Crippen LogP contribution in [0.3, 0.4) is 0 Å². The van der Waals surface area contributed by atoms with E-state index < -0.39 is 12.5 Å². The molecule has 1 aliphatic rings. The minimum absolute atomic E-state index is 0.0668. The van der Waals surface area contributed by atoms with Crippen LogP contribution in [0.2, 0.25) is 0 Å². The highest BCUT2D eigenvalue weighted by atomic mass is 19.4. The number of alkyl halides is 3. The van der Waals surface area contributed by atoms with Gasteiger partial charge in [-0.25, -0.2) is 0 Å². The first kappa shape index (κ1) is 23.5. The van der Waals surface area contributed by atoms with Gasteiger partial charge in [-0.1, -0.05) is 12.1 Å². The van der Waals surface area contributed by atoms with Crippen LogP contribution >= 0.6 is 0 Å². The van der Waals surface area contributed by atoms with E-state index in [1.54, 1.807) is 17.0 Å². The van der Waals surface area contributed by atoms with Crippen LogP contribution in [-0.2, 0) is 16.1 Å². The second-order valence-electron chi connectivity index (χ2n) is 7.69. The van der Waals surface area contributed by atoms with Crippen molar-refractivity contribution in [3.63, 3.8) is 0 Å². The van der Waals surface area contributed by atoms with Crippen LogP contribution in [0.5, 0.6) is 5.75 Å². The van der Waals surface area contributed by atoms with Gasteiger partial charge in [0.2, 0.25) is 5.91 Å². The van der Waals surface area contributed by atoms with E-state index in [0.717, 1.165) is 0 Å². The summed E-state index contributed by atoms with van der Waals surface area (Å²) >= 11 is 0. The Morgan fingerprint density at radius 1 is 1.12 bits per heavy atom. The molecule has 0 saturated carbocycles. The number of carbonyl (C=O) groups is 2. The van der Waals surface area contributed by atoms with Crippen LogP contribution in [0.15, 0.2) is 48.8 Å². The molecule has 2 aromatic rings. The van der Waals surface area contributed by atoms with Crippen LogP contribution in [0.1, 0.15) is 29.8 Å². The fourth-order valence-electron chi connectivity index (χ4n) is 3.38. The van der Waals surface area contributed by atoms with Gasteiger partial charge in [0.25, 0.3) is 5.91 Å². The average Bonchev–Trinajstić information content (AvgIpc) is 2.91. The fourth-order valence-corrected chi connectivity index (χ4v) is 3.38. The van der Waals surface area contributed by atoms with Gasteiger partial charge in [0.15, 0.2) is 0 Å². The maximum atomic E-state index is 12.9. The van der Waals surface area contributed by atoms with E-state index in [9.17, 15) is 22.8 Å². The number of rotatable bonds is 6. The minimum Gasteiger partial charge on any atom is -0.406 e. The van der Waals surface area contributed by atoms with Gasteiger partial charge in [0.1, 0.15) is 12.3 Å². The largest absolute Gasteiger partial charge is 0.573 e. The molecular weight excluding hydrogens is 427 g/mol. The van der Waals surface area contributed by atoms with E-state index in [4.69, 9.17) is 4.74 Å². The van der Waals surface area contributed by atoms with Crippen LogP contribution in [0.4, 0.5) is 13.2 Å². The zero-order valence-electron chi connectivity index (χ0n) is 17.7. The lowest BCUT2D eigenvalue weighted by atomic mass is 10.2. The van der Waals surface area contributed by atoms with E-state index in [1.807, 2.05) is 13.8 Å². The van der Waals surface area contributed by atoms with Crippen molar-refractivity contribution in [1.82, 2.24) is 14.8 Å². The smallest absolute Gasteiger partial charge is 0.406 e. The summed E-state index contributed by atoms with van der Waals surface area (Å²) in [7, 11) is 0. The summed E-state index contributed by atoms with van der Waals surface area (Å²) in [5.41, 5.74) is 1.06. The van der Waals surface area contributed by atoms with E-state index in [2.05, 4.69) is 9.72 Å². The molecule has 1 atom stereocenters. The third-order valence-electron chi connectivity index (χ3n) is 4.95. The molecule has 0 unspecified atom stereocenters. The molecule has 172 valence electrons. The number of nitrogens with zero attached hydrogens (tertiary/aromatic N) is 3. The van der Waals surface area contributed by atoms with Crippen LogP contribution in [0, 0.1) is 0 Å². The van der Waals surface area contributed by atoms with Crippen molar-refractivity contribution in [2.75, 3.05) is 19.6 Å². The monoisotopic (exact) mass is 451 g/mol. The minimum atomic E-state index is -4.75. The quantitative estimate of drug-likeness (QED) is 0.674. The SMILES string of the molecule is CC(C)N1C[C@H](OCc2ccc(OC(F)(F)F)cc2)CN(C(=O)c2ccncc2)CC1=O. The number of benzene rings is 1. The van der Waals surface area contributed by atoms with Gasteiger partial charge in [0.05, 0.1) is 12.7 Å². The topological polar surface area (TPSA) is 72.0 Å². The normalized spacial score (nSPS) is 17.4. The Kier molecular flexibility index (Phi) is 7.34. The van der Waals surface area contributed by atoms with Gasteiger partial charge >= 0.3 is 6.36 Å². The Bertz CT molecular complexity index is 920. The van der Waals surface area contributed by atoms with Gasteiger partial charge in [0, 0.05) is 37.1 Å². The Morgan fingerprint density at radius 3 is 2.38 bits per heavy atom. The molecule has 0 aliphatic carbocycles. The zero-order valence-corrected chi connectivity index (χ0v) is 17.7. The predicted molar refractivity (Wildman–Crippen MR) is 109 cm³/mol.